The molecular weight excluding hydrogens is 318 g/mol. The van der Waals surface area contributed by atoms with Crippen molar-refractivity contribution in [1.82, 2.24) is 20.9 Å². The highest BCUT2D eigenvalue weighted by atomic mass is 16.3. The molecule has 0 radical (unpaired) electrons. The molecule has 0 atom stereocenters. The lowest BCUT2D eigenvalue weighted by Crippen LogP contribution is -2.55. The first-order chi connectivity index (χ1) is 12.0. The standard InChI is InChI=1S/C18H31N5O2/c1-18(2,23-9-5-4-6-10-23)14-22-17(19-3)21-13-16(24)20-12-15-8-7-11-25-15/h7-8,11H,4-6,9-10,12-14H2,1-3H3,(H,20,24)(H2,19,21,22). The van der Waals surface area contributed by atoms with Crippen LogP contribution in [-0.2, 0) is 11.3 Å². The van der Waals surface area contributed by atoms with Gasteiger partial charge in [-0.3, -0.25) is 14.7 Å². The molecule has 1 amide bonds. The molecule has 25 heavy (non-hydrogen) atoms. The van der Waals surface area contributed by atoms with E-state index in [1.165, 1.54) is 19.3 Å². The Hall–Kier alpha value is -2.02. The lowest BCUT2D eigenvalue weighted by atomic mass is 9.98. The number of guanidine groups is 1. The first-order valence-corrected chi connectivity index (χ1v) is 9.00. The Morgan fingerprint density at radius 2 is 2.00 bits per heavy atom. The molecule has 1 aromatic rings. The van der Waals surface area contributed by atoms with Gasteiger partial charge in [0.1, 0.15) is 5.76 Å². The molecule has 7 nitrogen and oxygen atoms in total. The fourth-order valence-corrected chi connectivity index (χ4v) is 2.96. The summed E-state index contributed by atoms with van der Waals surface area (Å²) in [7, 11) is 1.71. The maximum Gasteiger partial charge on any atom is 0.239 e. The molecule has 0 spiro atoms. The van der Waals surface area contributed by atoms with Crippen LogP contribution in [0, 0.1) is 0 Å². The number of furan rings is 1. The van der Waals surface area contributed by atoms with Gasteiger partial charge < -0.3 is 20.4 Å². The van der Waals surface area contributed by atoms with E-state index >= 15 is 0 Å². The lowest BCUT2D eigenvalue weighted by Gasteiger charge is -2.41. The van der Waals surface area contributed by atoms with E-state index in [2.05, 4.69) is 39.7 Å². The van der Waals surface area contributed by atoms with Gasteiger partial charge in [0.25, 0.3) is 0 Å². The van der Waals surface area contributed by atoms with Gasteiger partial charge in [-0.25, -0.2) is 0 Å². The molecule has 1 aliphatic rings. The maximum atomic E-state index is 11.9. The average Bonchev–Trinajstić information content (AvgIpc) is 3.14. The molecule has 2 rings (SSSR count). The van der Waals surface area contributed by atoms with Gasteiger partial charge in [0.2, 0.25) is 5.91 Å². The Morgan fingerprint density at radius 3 is 2.64 bits per heavy atom. The number of nitrogens with one attached hydrogen (secondary N) is 3. The highest BCUT2D eigenvalue weighted by molar-refractivity contribution is 5.86. The predicted octanol–water partition coefficient (Wildman–Crippen LogP) is 1.33. The molecule has 2 heterocycles. The fourth-order valence-electron chi connectivity index (χ4n) is 2.96. The second-order valence-corrected chi connectivity index (χ2v) is 7.00. The van der Waals surface area contributed by atoms with Crippen LogP contribution in [0.15, 0.2) is 27.8 Å². The minimum atomic E-state index is -0.102. The van der Waals surface area contributed by atoms with Crippen molar-refractivity contribution in [1.29, 1.82) is 0 Å². The summed E-state index contributed by atoms with van der Waals surface area (Å²) in [6.45, 7) is 8.13. The zero-order valence-electron chi connectivity index (χ0n) is 15.6. The SMILES string of the molecule is CN=C(NCC(=O)NCc1ccco1)NCC(C)(C)N1CCCCC1. The van der Waals surface area contributed by atoms with Crippen LogP contribution in [0.25, 0.3) is 0 Å². The molecule has 0 unspecified atom stereocenters. The van der Waals surface area contributed by atoms with E-state index in [-0.39, 0.29) is 18.0 Å². The van der Waals surface area contributed by atoms with Crippen molar-refractivity contribution in [2.45, 2.75) is 45.2 Å². The van der Waals surface area contributed by atoms with Crippen LogP contribution < -0.4 is 16.0 Å². The van der Waals surface area contributed by atoms with Crippen molar-refractivity contribution in [2.75, 3.05) is 33.2 Å². The summed E-state index contributed by atoms with van der Waals surface area (Å²) < 4.78 is 5.19. The molecule has 1 aromatic heterocycles. The Balaban J connectivity index is 1.69. The summed E-state index contributed by atoms with van der Waals surface area (Å²) in [4.78, 5) is 18.6. The molecule has 0 aromatic carbocycles. The maximum absolute atomic E-state index is 11.9. The van der Waals surface area contributed by atoms with Crippen molar-refractivity contribution < 1.29 is 9.21 Å². The molecule has 7 heteroatoms. The number of likely N-dealkylation sites (tertiary alicyclic amines) is 1. The van der Waals surface area contributed by atoms with E-state index in [9.17, 15) is 4.79 Å². The fraction of sp³-hybridized carbons (Fsp3) is 0.667. The second-order valence-electron chi connectivity index (χ2n) is 7.00. The van der Waals surface area contributed by atoms with Gasteiger partial charge in [-0.05, 0) is 51.9 Å². The van der Waals surface area contributed by atoms with E-state index in [1.54, 1.807) is 19.4 Å². The molecule has 0 bridgehead atoms. The van der Waals surface area contributed by atoms with E-state index < -0.39 is 0 Å². The van der Waals surface area contributed by atoms with Crippen LogP contribution in [0.5, 0.6) is 0 Å². The zero-order chi connectivity index (χ0) is 18.1. The number of rotatable bonds is 7. The topological polar surface area (TPSA) is 81.9 Å². The van der Waals surface area contributed by atoms with Gasteiger partial charge in [-0.15, -0.1) is 0 Å². The first-order valence-electron chi connectivity index (χ1n) is 9.00. The number of carbonyl (C=O) groups is 1. The largest absolute Gasteiger partial charge is 0.467 e. The van der Waals surface area contributed by atoms with Gasteiger partial charge in [-0.2, -0.15) is 0 Å². The Labute approximate surface area is 150 Å². The summed E-state index contributed by atoms with van der Waals surface area (Å²) in [5.41, 5.74) is 0.0551. The van der Waals surface area contributed by atoms with Crippen LogP contribution in [0.4, 0.5) is 0 Å². The Kier molecular flexibility index (Phi) is 7.31. The summed E-state index contributed by atoms with van der Waals surface area (Å²) in [5.74, 6) is 1.27. The number of piperidine rings is 1. The molecule has 0 aliphatic carbocycles. The normalized spacial score (nSPS) is 16.5. The third kappa shape index (κ3) is 6.42. The quantitative estimate of drug-likeness (QED) is 0.511. The van der Waals surface area contributed by atoms with E-state index in [0.717, 1.165) is 25.4 Å². The van der Waals surface area contributed by atoms with Crippen LogP contribution >= 0.6 is 0 Å². The van der Waals surface area contributed by atoms with Crippen LogP contribution in [0.2, 0.25) is 0 Å². The van der Waals surface area contributed by atoms with E-state index in [1.807, 2.05) is 6.07 Å². The molecule has 0 saturated carbocycles. The van der Waals surface area contributed by atoms with Gasteiger partial charge >= 0.3 is 0 Å². The van der Waals surface area contributed by atoms with Crippen LogP contribution in [-0.4, -0.2) is 55.5 Å². The third-order valence-electron chi connectivity index (χ3n) is 4.58. The van der Waals surface area contributed by atoms with E-state index in [4.69, 9.17) is 4.42 Å². The molecule has 140 valence electrons. The summed E-state index contributed by atoms with van der Waals surface area (Å²) in [5, 5.41) is 9.19. The van der Waals surface area contributed by atoms with Crippen molar-refractivity contribution in [2.24, 2.45) is 4.99 Å². The van der Waals surface area contributed by atoms with Crippen molar-refractivity contribution in [3.05, 3.63) is 24.2 Å². The molecule has 3 N–H and O–H groups in total. The smallest absolute Gasteiger partial charge is 0.239 e. The van der Waals surface area contributed by atoms with Crippen molar-refractivity contribution in [3.63, 3.8) is 0 Å². The van der Waals surface area contributed by atoms with Gasteiger partial charge in [0.05, 0.1) is 19.4 Å². The summed E-state index contributed by atoms with van der Waals surface area (Å²) >= 11 is 0. The van der Waals surface area contributed by atoms with Gasteiger partial charge in [-0.1, -0.05) is 6.42 Å². The van der Waals surface area contributed by atoms with Crippen molar-refractivity contribution >= 4 is 11.9 Å². The van der Waals surface area contributed by atoms with Gasteiger partial charge in [0, 0.05) is 19.1 Å². The molecule has 1 fully saturated rings. The number of hydrogen-bond acceptors (Lipinski definition) is 4. The Morgan fingerprint density at radius 1 is 1.24 bits per heavy atom. The number of hydrogen-bond donors (Lipinski definition) is 3. The minimum absolute atomic E-state index is 0.0551. The lowest BCUT2D eigenvalue weighted by molar-refractivity contribution is -0.120. The molecule has 1 aliphatic heterocycles. The summed E-state index contributed by atoms with van der Waals surface area (Å²) in [6, 6.07) is 3.63. The van der Waals surface area contributed by atoms with Crippen molar-refractivity contribution in [3.8, 4) is 0 Å². The van der Waals surface area contributed by atoms with Crippen LogP contribution in [0.3, 0.4) is 0 Å². The van der Waals surface area contributed by atoms with E-state index in [0.29, 0.717) is 12.5 Å². The highest BCUT2D eigenvalue weighted by Gasteiger charge is 2.27. The number of aliphatic imine (C=N–C) groups is 1. The highest BCUT2D eigenvalue weighted by Crippen LogP contribution is 2.19. The monoisotopic (exact) mass is 349 g/mol. The minimum Gasteiger partial charge on any atom is -0.467 e. The second kappa shape index (κ2) is 9.46. The number of carbonyl (C=O) groups excluding carboxylic acids is 1. The summed E-state index contributed by atoms with van der Waals surface area (Å²) in [6.07, 6.45) is 5.46. The van der Waals surface area contributed by atoms with Crippen LogP contribution in [0.1, 0.15) is 38.9 Å². The first kappa shape index (κ1) is 19.3. The molecular formula is C18H31N5O2. The number of amides is 1. The zero-order valence-corrected chi connectivity index (χ0v) is 15.6. The average molecular weight is 349 g/mol. The molecule has 1 saturated heterocycles. The predicted molar refractivity (Wildman–Crippen MR) is 99.4 cm³/mol. The third-order valence-corrected chi connectivity index (χ3v) is 4.58. The number of nitrogens with zero attached hydrogens (tertiary/aromatic N) is 2. The van der Waals surface area contributed by atoms with Gasteiger partial charge in [0.15, 0.2) is 5.96 Å². The Bertz CT molecular complexity index is 548.